The van der Waals surface area contributed by atoms with E-state index in [9.17, 15) is 4.39 Å². The number of methoxy groups -OCH3 is 1. The largest absolute Gasteiger partial charge is 0.494 e. The number of benzene rings is 1. The van der Waals surface area contributed by atoms with Gasteiger partial charge in [-0.15, -0.1) is 0 Å². The first-order chi connectivity index (χ1) is 8.15. The lowest BCUT2D eigenvalue weighted by molar-refractivity contribution is 0.383. The smallest absolute Gasteiger partial charge is 0.170 e. The van der Waals surface area contributed by atoms with Gasteiger partial charge in [0.05, 0.1) is 13.2 Å². The highest BCUT2D eigenvalue weighted by Crippen LogP contribution is 2.30. The predicted octanol–water partition coefficient (Wildman–Crippen LogP) is 3.25. The lowest BCUT2D eigenvalue weighted by Crippen LogP contribution is -2.14. The third-order valence-electron chi connectivity index (χ3n) is 2.78. The van der Waals surface area contributed by atoms with E-state index in [-0.39, 0.29) is 11.6 Å². The van der Waals surface area contributed by atoms with Crippen molar-refractivity contribution >= 4 is 11.3 Å². The third-order valence-corrected chi connectivity index (χ3v) is 3.66. The zero-order chi connectivity index (χ0) is 12.4. The van der Waals surface area contributed by atoms with Gasteiger partial charge in [0.1, 0.15) is 0 Å². The van der Waals surface area contributed by atoms with Crippen LogP contribution in [0.5, 0.6) is 5.75 Å². The van der Waals surface area contributed by atoms with Gasteiger partial charge in [-0.3, -0.25) is 0 Å². The second-order valence-corrected chi connectivity index (χ2v) is 4.59. The molecule has 90 valence electrons. The molecule has 0 amide bonds. The fraction of sp³-hybridized carbons (Fsp3) is 0.231. The fourth-order valence-electron chi connectivity index (χ4n) is 1.78. The SMILES string of the molecule is COc1cccc(C(N)c2cscc2C)c1F. The average Bonchev–Trinajstić information content (AvgIpc) is 2.75. The van der Waals surface area contributed by atoms with Gasteiger partial charge in [0.2, 0.25) is 0 Å². The molecule has 1 heterocycles. The van der Waals surface area contributed by atoms with E-state index in [4.69, 9.17) is 10.5 Å². The second kappa shape index (κ2) is 4.85. The van der Waals surface area contributed by atoms with Gasteiger partial charge >= 0.3 is 0 Å². The number of ether oxygens (including phenoxy) is 1. The van der Waals surface area contributed by atoms with Gasteiger partial charge in [-0.05, 0) is 34.9 Å². The Kier molecular flexibility index (Phi) is 3.45. The van der Waals surface area contributed by atoms with Crippen LogP contribution in [0.4, 0.5) is 4.39 Å². The van der Waals surface area contributed by atoms with Gasteiger partial charge in [0.25, 0.3) is 0 Å². The van der Waals surface area contributed by atoms with Gasteiger partial charge in [0, 0.05) is 5.56 Å². The summed E-state index contributed by atoms with van der Waals surface area (Å²) in [5, 5.41) is 3.96. The Morgan fingerprint density at radius 2 is 2.06 bits per heavy atom. The lowest BCUT2D eigenvalue weighted by atomic mass is 9.98. The zero-order valence-corrected chi connectivity index (χ0v) is 10.6. The Morgan fingerprint density at radius 3 is 2.65 bits per heavy atom. The monoisotopic (exact) mass is 251 g/mol. The molecule has 1 unspecified atom stereocenters. The van der Waals surface area contributed by atoms with Crippen molar-refractivity contribution in [3.8, 4) is 5.75 Å². The molecule has 0 spiro atoms. The van der Waals surface area contributed by atoms with Gasteiger partial charge < -0.3 is 10.5 Å². The van der Waals surface area contributed by atoms with E-state index in [1.807, 2.05) is 17.7 Å². The molecule has 0 aliphatic heterocycles. The molecule has 1 aromatic carbocycles. The summed E-state index contributed by atoms with van der Waals surface area (Å²) in [5.41, 5.74) is 8.61. The second-order valence-electron chi connectivity index (χ2n) is 3.85. The fourth-order valence-corrected chi connectivity index (χ4v) is 2.67. The van der Waals surface area contributed by atoms with Crippen LogP contribution in [-0.4, -0.2) is 7.11 Å². The van der Waals surface area contributed by atoms with Crippen LogP contribution in [0.3, 0.4) is 0 Å². The van der Waals surface area contributed by atoms with Gasteiger partial charge in [-0.2, -0.15) is 11.3 Å². The van der Waals surface area contributed by atoms with E-state index in [1.54, 1.807) is 29.5 Å². The Bertz CT molecular complexity index is 524. The zero-order valence-electron chi connectivity index (χ0n) is 9.74. The molecule has 0 saturated carbocycles. The number of halogens is 1. The van der Waals surface area contributed by atoms with E-state index in [1.165, 1.54) is 7.11 Å². The molecule has 2 rings (SSSR count). The molecule has 0 saturated heterocycles. The van der Waals surface area contributed by atoms with Gasteiger partial charge in [-0.1, -0.05) is 12.1 Å². The summed E-state index contributed by atoms with van der Waals surface area (Å²) < 4.78 is 19.0. The van der Waals surface area contributed by atoms with Crippen molar-refractivity contribution in [2.45, 2.75) is 13.0 Å². The predicted molar refractivity (Wildman–Crippen MR) is 68.0 cm³/mol. The summed E-state index contributed by atoms with van der Waals surface area (Å²) in [4.78, 5) is 0. The van der Waals surface area contributed by atoms with E-state index in [2.05, 4.69) is 0 Å². The van der Waals surface area contributed by atoms with Crippen LogP contribution in [0, 0.1) is 12.7 Å². The van der Waals surface area contributed by atoms with Crippen molar-refractivity contribution < 1.29 is 9.13 Å². The highest BCUT2D eigenvalue weighted by atomic mass is 32.1. The van der Waals surface area contributed by atoms with Crippen LogP contribution in [0.1, 0.15) is 22.7 Å². The molecule has 0 aliphatic carbocycles. The highest BCUT2D eigenvalue weighted by Gasteiger charge is 2.18. The van der Waals surface area contributed by atoms with Crippen LogP contribution >= 0.6 is 11.3 Å². The minimum absolute atomic E-state index is 0.228. The molecular weight excluding hydrogens is 237 g/mol. The molecule has 1 atom stereocenters. The standard InChI is InChI=1S/C13H14FNOS/c1-8-6-17-7-10(8)13(15)9-4-3-5-11(16-2)12(9)14/h3-7,13H,15H2,1-2H3. The Hall–Kier alpha value is -1.39. The van der Waals surface area contributed by atoms with Crippen molar-refractivity contribution in [3.63, 3.8) is 0 Å². The van der Waals surface area contributed by atoms with Crippen LogP contribution in [0.25, 0.3) is 0 Å². The van der Waals surface area contributed by atoms with E-state index >= 15 is 0 Å². The Labute approximate surface area is 104 Å². The average molecular weight is 251 g/mol. The first kappa shape index (κ1) is 12.1. The molecule has 0 bridgehead atoms. The first-order valence-electron chi connectivity index (χ1n) is 5.25. The lowest BCUT2D eigenvalue weighted by Gasteiger charge is -2.14. The minimum Gasteiger partial charge on any atom is -0.494 e. The topological polar surface area (TPSA) is 35.2 Å². The maximum absolute atomic E-state index is 14.0. The van der Waals surface area contributed by atoms with Crippen LogP contribution < -0.4 is 10.5 Å². The first-order valence-corrected chi connectivity index (χ1v) is 6.20. The summed E-state index contributed by atoms with van der Waals surface area (Å²) in [7, 11) is 1.45. The number of rotatable bonds is 3. The third kappa shape index (κ3) is 2.18. The number of hydrogen-bond acceptors (Lipinski definition) is 3. The summed E-state index contributed by atoms with van der Waals surface area (Å²) in [6, 6.07) is 4.58. The quantitative estimate of drug-likeness (QED) is 0.908. The summed E-state index contributed by atoms with van der Waals surface area (Å²) in [6.45, 7) is 1.98. The number of thiophene rings is 1. The number of aryl methyl sites for hydroxylation is 1. The normalized spacial score (nSPS) is 12.5. The number of nitrogens with two attached hydrogens (primary N) is 1. The van der Waals surface area contributed by atoms with Gasteiger partial charge in [0.15, 0.2) is 11.6 Å². The van der Waals surface area contributed by atoms with Crippen molar-refractivity contribution in [2.75, 3.05) is 7.11 Å². The molecule has 0 aliphatic rings. The highest BCUT2D eigenvalue weighted by molar-refractivity contribution is 7.08. The maximum Gasteiger partial charge on any atom is 0.170 e. The summed E-state index contributed by atoms with van der Waals surface area (Å²) in [6.07, 6.45) is 0. The van der Waals surface area contributed by atoms with Crippen molar-refractivity contribution in [2.24, 2.45) is 5.73 Å². The molecular formula is C13H14FNOS. The van der Waals surface area contributed by atoms with E-state index < -0.39 is 6.04 Å². The van der Waals surface area contributed by atoms with E-state index in [0.29, 0.717) is 5.56 Å². The molecule has 2 nitrogen and oxygen atoms in total. The number of hydrogen-bond donors (Lipinski definition) is 1. The summed E-state index contributed by atoms with van der Waals surface area (Å²) in [5.74, 6) is -0.154. The maximum atomic E-state index is 14.0. The molecule has 17 heavy (non-hydrogen) atoms. The van der Waals surface area contributed by atoms with Crippen LogP contribution in [0.15, 0.2) is 29.0 Å². The molecule has 4 heteroatoms. The molecule has 2 N–H and O–H groups in total. The van der Waals surface area contributed by atoms with Crippen LogP contribution in [-0.2, 0) is 0 Å². The minimum atomic E-state index is -0.448. The molecule has 2 aromatic rings. The van der Waals surface area contributed by atoms with Crippen molar-refractivity contribution in [1.29, 1.82) is 0 Å². The van der Waals surface area contributed by atoms with Gasteiger partial charge in [-0.25, -0.2) is 4.39 Å². The van der Waals surface area contributed by atoms with Crippen molar-refractivity contribution in [1.82, 2.24) is 0 Å². The Morgan fingerprint density at radius 1 is 1.29 bits per heavy atom. The molecule has 0 fully saturated rings. The molecule has 1 aromatic heterocycles. The van der Waals surface area contributed by atoms with Crippen molar-refractivity contribution in [3.05, 3.63) is 51.5 Å². The molecule has 0 radical (unpaired) electrons. The summed E-state index contributed by atoms with van der Waals surface area (Å²) >= 11 is 1.57. The Balaban J connectivity index is 2.44. The van der Waals surface area contributed by atoms with E-state index in [0.717, 1.165) is 11.1 Å². The van der Waals surface area contributed by atoms with Crippen LogP contribution in [0.2, 0.25) is 0 Å².